The zero-order valence-corrected chi connectivity index (χ0v) is 10.1. The van der Waals surface area contributed by atoms with Gasteiger partial charge in [-0.25, -0.2) is 0 Å². The Balaban J connectivity index is 2.08. The normalized spacial score (nSPS) is 12.4. The lowest BCUT2D eigenvalue weighted by Gasteiger charge is -2.09. The highest BCUT2D eigenvalue weighted by molar-refractivity contribution is 5.28. The van der Waals surface area contributed by atoms with Crippen LogP contribution in [0.1, 0.15) is 36.1 Å². The number of hydrogen-bond acceptors (Lipinski definition) is 2. The summed E-state index contributed by atoms with van der Waals surface area (Å²) in [4.78, 5) is 4.12. The molecule has 1 aromatic heterocycles. The van der Waals surface area contributed by atoms with Gasteiger partial charge in [0, 0.05) is 18.4 Å². The Kier molecular flexibility index (Phi) is 3.89. The van der Waals surface area contributed by atoms with Gasteiger partial charge in [0.1, 0.15) is 0 Å². The molecule has 0 amide bonds. The van der Waals surface area contributed by atoms with Crippen molar-refractivity contribution in [2.45, 2.75) is 25.8 Å². The highest BCUT2D eigenvalue weighted by Crippen LogP contribution is 2.16. The van der Waals surface area contributed by atoms with Gasteiger partial charge in [0.25, 0.3) is 0 Å². The number of rotatable bonds is 4. The van der Waals surface area contributed by atoms with Crippen LogP contribution in [0.25, 0.3) is 0 Å². The van der Waals surface area contributed by atoms with E-state index in [1.54, 1.807) is 6.20 Å². The second kappa shape index (κ2) is 5.60. The molecular formula is C15H18N2. The first kappa shape index (κ1) is 11.8. The molecule has 2 nitrogen and oxygen atoms in total. The summed E-state index contributed by atoms with van der Waals surface area (Å²) in [6, 6.07) is 12.8. The average molecular weight is 226 g/mol. The minimum absolute atomic E-state index is 0.155. The van der Waals surface area contributed by atoms with Crippen LogP contribution in [-0.4, -0.2) is 4.98 Å². The number of nitrogens with zero attached hydrogens (tertiary/aromatic N) is 1. The fraction of sp³-hybridized carbons (Fsp3) is 0.267. The van der Waals surface area contributed by atoms with Gasteiger partial charge in [0.05, 0.1) is 0 Å². The largest absolute Gasteiger partial charge is 0.324 e. The number of pyridine rings is 1. The van der Waals surface area contributed by atoms with Crippen LogP contribution in [0.5, 0.6) is 0 Å². The van der Waals surface area contributed by atoms with E-state index >= 15 is 0 Å². The molecule has 17 heavy (non-hydrogen) atoms. The quantitative estimate of drug-likeness (QED) is 0.870. The van der Waals surface area contributed by atoms with E-state index in [0.717, 1.165) is 12.8 Å². The molecular weight excluding hydrogens is 208 g/mol. The van der Waals surface area contributed by atoms with Gasteiger partial charge < -0.3 is 5.73 Å². The van der Waals surface area contributed by atoms with E-state index in [9.17, 15) is 0 Å². The van der Waals surface area contributed by atoms with E-state index in [1.165, 1.54) is 16.7 Å². The Morgan fingerprint density at radius 2 is 1.88 bits per heavy atom. The highest BCUT2D eigenvalue weighted by Gasteiger charge is 2.02. The number of aromatic nitrogens is 1. The first-order valence-electron chi connectivity index (χ1n) is 6.03. The summed E-state index contributed by atoms with van der Waals surface area (Å²) in [5.74, 6) is 0. The molecule has 1 heterocycles. The van der Waals surface area contributed by atoms with Crippen molar-refractivity contribution in [3.05, 3.63) is 65.5 Å². The summed E-state index contributed by atoms with van der Waals surface area (Å²) >= 11 is 0. The molecule has 0 aliphatic carbocycles. The molecule has 0 bridgehead atoms. The topological polar surface area (TPSA) is 38.9 Å². The molecule has 0 radical (unpaired) electrons. The van der Waals surface area contributed by atoms with Gasteiger partial charge in [-0.3, -0.25) is 4.98 Å². The summed E-state index contributed by atoms with van der Waals surface area (Å²) in [6.45, 7) is 2.11. The maximum absolute atomic E-state index is 5.99. The van der Waals surface area contributed by atoms with Gasteiger partial charge in [-0.1, -0.05) is 37.3 Å². The van der Waals surface area contributed by atoms with Crippen LogP contribution >= 0.6 is 0 Å². The predicted octanol–water partition coefficient (Wildman–Crippen LogP) is 3.08. The van der Waals surface area contributed by atoms with E-state index in [4.69, 9.17) is 5.73 Å². The van der Waals surface area contributed by atoms with Crippen molar-refractivity contribution >= 4 is 0 Å². The van der Waals surface area contributed by atoms with Gasteiger partial charge in [-0.15, -0.1) is 0 Å². The summed E-state index contributed by atoms with van der Waals surface area (Å²) in [7, 11) is 0. The standard InChI is InChI=1S/C15H18N2/c1-2-15(16)14-7-5-12(6-8-14)10-13-4-3-9-17-11-13/h3-9,11,15H,2,10,16H2,1H3. The number of benzene rings is 1. The maximum atomic E-state index is 5.99. The molecule has 1 atom stereocenters. The van der Waals surface area contributed by atoms with Crippen LogP contribution in [0.3, 0.4) is 0 Å². The second-order valence-electron chi connectivity index (χ2n) is 4.29. The summed E-state index contributed by atoms with van der Waals surface area (Å²) < 4.78 is 0. The Hall–Kier alpha value is -1.67. The monoisotopic (exact) mass is 226 g/mol. The first-order chi connectivity index (χ1) is 8.29. The van der Waals surface area contributed by atoms with E-state index in [2.05, 4.69) is 42.2 Å². The highest BCUT2D eigenvalue weighted by atomic mass is 14.6. The minimum Gasteiger partial charge on any atom is -0.324 e. The van der Waals surface area contributed by atoms with Crippen molar-refractivity contribution in [1.82, 2.24) is 4.98 Å². The van der Waals surface area contributed by atoms with E-state index in [1.807, 2.05) is 12.3 Å². The lowest BCUT2D eigenvalue weighted by atomic mass is 10.0. The Morgan fingerprint density at radius 1 is 1.12 bits per heavy atom. The summed E-state index contributed by atoms with van der Waals surface area (Å²) in [6.07, 6.45) is 5.61. The summed E-state index contributed by atoms with van der Waals surface area (Å²) in [5.41, 5.74) is 9.73. The van der Waals surface area contributed by atoms with Gasteiger partial charge in [0.15, 0.2) is 0 Å². The molecule has 88 valence electrons. The van der Waals surface area contributed by atoms with Crippen molar-refractivity contribution in [3.63, 3.8) is 0 Å². The maximum Gasteiger partial charge on any atom is 0.0303 e. The van der Waals surface area contributed by atoms with Gasteiger partial charge in [-0.2, -0.15) is 0 Å². The third-order valence-corrected chi connectivity index (χ3v) is 2.98. The molecule has 2 N–H and O–H groups in total. The number of nitrogens with two attached hydrogens (primary N) is 1. The second-order valence-corrected chi connectivity index (χ2v) is 4.29. The van der Waals surface area contributed by atoms with Crippen LogP contribution in [0, 0.1) is 0 Å². The molecule has 1 aromatic carbocycles. The van der Waals surface area contributed by atoms with Crippen molar-refractivity contribution in [2.24, 2.45) is 5.73 Å². The Morgan fingerprint density at radius 3 is 2.47 bits per heavy atom. The van der Waals surface area contributed by atoms with Gasteiger partial charge in [0.2, 0.25) is 0 Å². The van der Waals surface area contributed by atoms with Crippen LogP contribution in [0.15, 0.2) is 48.8 Å². The number of hydrogen-bond donors (Lipinski definition) is 1. The molecule has 0 saturated heterocycles. The third-order valence-electron chi connectivity index (χ3n) is 2.98. The molecule has 2 rings (SSSR count). The van der Waals surface area contributed by atoms with E-state index < -0.39 is 0 Å². The van der Waals surface area contributed by atoms with E-state index in [0.29, 0.717) is 0 Å². The van der Waals surface area contributed by atoms with Crippen LogP contribution in [-0.2, 0) is 6.42 Å². The molecule has 0 fully saturated rings. The molecule has 2 aromatic rings. The zero-order valence-electron chi connectivity index (χ0n) is 10.1. The third kappa shape index (κ3) is 3.14. The fourth-order valence-electron chi connectivity index (χ4n) is 1.86. The molecule has 0 saturated carbocycles. The van der Waals surface area contributed by atoms with E-state index in [-0.39, 0.29) is 6.04 Å². The predicted molar refractivity (Wildman–Crippen MR) is 70.7 cm³/mol. The van der Waals surface area contributed by atoms with Crippen molar-refractivity contribution < 1.29 is 0 Å². The molecule has 0 aliphatic rings. The first-order valence-corrected chi connectivity index (χ1v) is 6.03. The minimum atomic E-state index is 0.155. The van der Waals surface area contributed by atoms with Crippen molar-refractivity contribution in [1.29, 1.82) is 0 Å². The van der Waals surface area contributed by atoms with Gasteiger partial charge in [-0.05, 0) is 35.6 Å². The van der Waals surface area contributed by atoms with Gasteiger partial charge >= 0.3 is 0 Å². The Bertz CT molecular complexity index is 448. The Labute approximate surface area is 103 Å². The van der Waals surface area contributed by atoms with Crippen LogP contribution in [0.2, 0.25) is 0 Å². The summed E-state index contributed by atoms with van der Waals surface area (Å²) in [5, 5.41) is 0. The SMILES string of the molecule is CCC(N)c1ccc(Cc2cccnc2)cc1. The lowest BCUT2D eigenvalue weighted by Crippen LogP contribution is -2.08. The fourth-order valence-corrected chi connectivity index (χ4v) is 1.86. The molecule has 0 aliphatic heterocycles. The van der Waals surface area contributed by atoms with Crippen LogP contribution < -0.4 is 5.73 Å². The molecule has 1 unspecified atom stereocenters. The zero-order chi connectivity index (χ0) is 12.1. The average Bonchev–Trinajstić information content (AvgIpc) is 2.40. The molecule has 2 heteroatoms. The van der Waals surface area contributed by atoms with Crippen molar-refractivity contribution in [3.8, 4) is 0 Å². The smallest absolute Gasteiger partial charge is 0.0303 e. The molecule has 0 spiro atoms. The lowest BCUT2D eigenvalue weighted by molar-refractivity contribution is 0.698. The van der Waals surface area contributed by atoms with Crippen molar-refractivity contribution in [2.75, 3.05) is 0 Å². The van der Waals surface area contributed by atoms with Crippen LogP contribution in [0.4, 0.5) is 0 Å².